The minimum Gasteiger partial charge on any atom is -0.491 e. The number of hydrogen-bond donors (Lipinski definition) is 2. The van der Waals surface area contributed by atoms with Gasteiger partial charge in [-0.05, 0) is 36.8 Å². The van der Waals surface area contributed by atoms with E-state index < -0.39 is 0 Å². The highest BCUT2D eigenvalue weighted by Gasteiger charge is 1.98. The highest BCUT2D eigenvalue weighted by atomic mass is 127. The van der Waals surface area contributed by atoms with Crippen LogP contribution in [-0.4, -0.2) is 26.3 Å². The number of nitrogens with two attached hydrogens (primary N) is 1. The summed E-state index contributed by atoms with van der Waals surface area (Å²) in [5.41, 5.74) is 9.08. The molecule has 2 aromatic carbocycles. The number of hydrogen-bond acceptors (Lipinski definition) is 3. The Morgan fingerprint density at radius 1 is 1.12 bits per heavy atom. The quantitative estimate of drug-likeness (QED) is 0.299. The van der Waals surface area contributed by atoms with Gasteiger partial charge in [0, 0.05) is 12.8 Å². The molecule has 24 heavy (non-hydrogen) atoms. The van der Waals surface area contributed by atoms with Crippen molar-refractivity contribution in [1.29, 1.82) is 0 Å². The monoisotopic (exact) mass is 441 g/mol. The summed E-state index contributed by atoms with van der Waals surface area (Å²) in [5.74, 6) is 1.19. The van der Waals surface area contributed by atoms with E-state index in [-0.39, 0.29) is 24.0 Å². The van der Waals surface area contributed by atoms with Gasteiger partial charge in [-0.15, -0.1) is 24.0 Å². The van der Waals surface area contributed by atoms with E-state index in [1.165, 1.54) is 5.56 Å². The van der Waals surface area contributed by atoms with Crippen molar-refractivity contribution in [2.24, 2.45) is 10.7 Å². The summed E-state index contributed by atoms with van der Waals surface area (Å²) in [4.78, 5) is 4.35. The Morgan fingerprint density at radius 2 is 1.88 bits per heavy atom. The molecule has 0 spiro atoms. The van der Waals surface area contributed by atoms with Crippen LogP contribution in [0, 0.1) is 6.92 Å². The molecule has 5 nitrogen and oxygen atoms in total. The maximum atomic E-state index is 5.92. The molecular weight excluding hydrogens is 417 g/mol. The average molecular weight is 441 g/mol. The molecule has 0 aromatic heterocycles. The number of nitrogens with one attached hydrogen (secondary N) is 1. The lowest BCUT2D eigenvalue weighted by Gasteiger charge is -2.08. The fraction of sp³-hybridized carbons (Fsp3) is 0.278. The smallest absolute Gasteiger partial charge is 0.193 e. The summed E-state index contributed by atoms with van der Waals surface area (Å²) in [6.45, 7) is 3.63. The molecule has 0 saturated heterocycles. The first-order chi connectivity index (χ1) is 11.2. The van der Waals surface area contributed by atoms with E-state index in [9.17, 15) is 0 Å². The first-order valence-corrected chi connectivity index (χ1v) is 7.51. The molecule has 0 atom stereocenters. The number of guanidine groups is 1. The number of ether oxygens (including phenoxy) is 2. The summed E-state index contributed by atoms with van der Waals surface area (Å²) < 4.78 is 10.5. The van der Waals surface area contributed by atoms with Gasteiger partial charge in [0.2, 0.25) is 0 Å². The van der Waals surface area contributed by atoms with Crippen molar-refractivity contribution in [2.75, 3.05) is 25.6 Å². The number of aryl methyl sites for hydroxylation is 1. The highest BCUT2D eigenvalue weighted by Crippen LogP contribution is 2.14. The van der Waals surface area contributed by atoms with E-state index in [1.807, 2.05) is 55.5 Å². The molecule has 6 heteroatoms. The lowest BCUT2D eigenvalue weighted by atomic mass is 10.2. The van der Waals surface area contributed by atoms with Crippen LogP contribution in [0.1, 0.15) is 11.1 Å². The molecule has 0 aliphatic heterocycles. The zero-order valence-corrected chi connectivity index (χ0v) is 16.3. The third-order valence-electron chi connectivity index (χ3n) is 3.21. The second-order valence-corrected chi connectivity index (χ2v) is 5.18. The van der Waals surface area contributed by atoms with E-state index in [0.29, 0.717) is 25.7 Å². The van der Waals surface area contributed by atoms with Crippen LogP contribution < -0.4 is 15.8 Å². The maximum Gasteiger partial charge on any atom is 0.193 e. The molecule has 0 bridgehead atoms. The molecule has 0 amide bonds. The fourth-order valence-corrected chi connectivity index (χ4v) is 1.98. The van der Waals surface area contributed by atoms with Gasteiger partial charge in [-0.1, -0.05) is 29.8 Å². The Labute approximate surface area is 160 Å². The van der Waals surface area contributed by atoms with Gasteiger partial charge in [-0.2, -0.15) is 0 Å². The van der Waals surface area contributed by atoms with E-state index in [1.54, 1.807) is 7.11 Å². The predicted octanol–water partition coefficient (Wildman–Crippen LogP) is 3.57. The number of nitrogens with zero attached hydrogens (tertiary/aromatic N) is 1. The van der Waals surface area contributed by atoms with Crippen molar-refractivity contribution in [3.63, 3.8) is 0 Å². The van der Waals surface area contributed by atoms with Crippen molar-refractivity contribution >= 4 is 35.6 Å². The van der Waals surface area contributed by atoms with E-state index >= 15 is 0 Å². The average Bonchev–Trinajstić information content (AvgIpc) is 2.56. The fourth-order valence-electron chi connectivity index (χ4n) is 1.98. The van der Waals surface area contributed by atoms with Crippen LogP contribution in [-0.2, 0) is 11.3 Å². The lowest BCUT2D eigenvalue weighted by molar-refractivity contribution is 0.146. The van der Waals surface area contributed by atoms with Crippen molar-refractivity contribution < 1.29 is 9.47 Å². The number of rotatable bonds is 7. The lowest BCUT2D eigenvalue weighted by Crippen LogP contribution is -2.22. The van der Waals surface area contributed by atoms with Crippen LogP contribution in [0.2, 0.25) is 0 Å². The topological polar surface area (TPSA) is 68.9 Å². The normalized spacial score (nSPS) is 10.8. The van der Waals surface area contributed by atoms with E-state index in [2.05, 4.69) is 10.3 Å². The van der Waals surface area contributed by atoms with Gasteiger partial charge in [0.05, 0.1) is 13.2 Å². The number of anilines is 1. The Balaban J connectivity index is 0.00000288. The van der Waals surface area contributed by atoms with Gasteiger partial charge >= 0.3 is 0 Å². The van der Waals surface area contributed by atoms with Gasteiger partial charge in [0.1, 0.15) is 12.4 Å². The second kappa shape index (κ2) is 10.9. The molecular formula is C18H24IN3O2. The van der Waals surface area contributed by atoms with Crippen molar-refractivity contribution in [3.05, 3.63) is 59.7 Å². The summed E-state index contributed by atoms with van der Waals surface area (Å²) in [6.07, 6.45) is 0. The van der Waals surface area contributed by atoms with Crippen LogP contribution in [0.15, 0.2) is 53.5 Å². The summed E-state index contributed by atoms with van der Waals surface area (Å²) >= 11 is 0. The molecule has 0 fully saturated rings. The highest BCUT2D eigenvalue weighted by molar-refractivity contribution is 14.0. The van der Waals surface area contributed by atoms with Gasteiger partial charge in [0.25, 0.3) is 0 Å². The first kappa shape index (κ1) is 20.2. The number of methoxy groups -OCH3 is 1. The second-order valence-electron chi connectivity index (χ2n) is 5.18. The molecule has 130 valence electrons. The van der Waals surface area contributed by atoms with Crippen molar-refractivity contribution in [2.45, 2.75) is 13.5 Å². The number of aliphatic imine (C=N–C) groups is 1. The Morgan fingerprint density at radius 3 is 2.58 bits per heavy atom. The summed E-state index contributed by atoms with van der Waals surface area (Å²) in [7, 11) is 1.65. The molecule has 0 aliphatic rings. The minimum absolute atomic E-state index is 0. The standard InChI is InChI=1S/C18H23N3O2.HI/c1-14-6-8-16(9-7-14)21-18(19)20-13-15-4-3-5-17(12-15)23-11-10-22-2;/h3-9,12H,10-11,13H2,1-2H3,(H3,19,20,21);1H. The molecule has 0 saturated carbocycles. The SMILES string of the molecule is COCCOc1cccc(CN=C(N)Nc2ccc(C)cc2)c1.I. The van der Waals surface area contributed by atoms with Crippen LogP contribution in [0.25, 0.3) is 0 Å². The molecule has 2 aromatic rings. The molecule has 0 unspecified atom stereocenters. The number of benzene rings is 2. The Kier molecular flexibility index (Phi) is 9.18. The third-order valence-corrected chi connectivity index (χ3v) is 3.21. The van der Waals surface area contributed by atoms with E-state index in [4.69, 9.17) is 15.2 Å². The third kappa shape index (κ3) is 7.18. The van der Waals surface area contributed by atoms with Crippen LogP contribution in [0.5, 0.6) is 5.75 Å². The van der Waals surface area contributed by atoms with E-state index in [0.717, 1.165) is 17.0 Å². The zero-order chi connectivity index (χ0) is 16.5. The molecule has 0 aliphatic carbocycles. The predicted molar refractivity (Wildman–Crippen MR) is 109 cm³/mol. The van der Waals surface area contributed by atoms with Gasteiger partial charge in [-0.25, -0.2) is 4.99 Å². The molecule has 0 heterocycles. The Bertz CT molecular complexity index is 645. The van der Waals surface area contributed by atoms with Crippen LogP contribution >= 0.6 is 24.0 Å². The van der Waals surface area contributed by atoms with Gasteiger partial charge in [-0.3, -0.25) is 0 Å². The molecule has 3 N–H and O–H groups in total. The van der Waals surface area contributed by atoms with Crippen molar-refractivity contribution in [3.8, 4) is 5.75 Å². The van der Waals surface area contributed by atoms with Gasteiger partial charge < -0.3 is 20.5 Å². The molecule has 2 rings (SSSR count). The molecule has 0 radical (unpaired) electrons. The van der Waals surface area contributed by atoms with Crippen molar-refractivity contribution in [1.82, 2.24) is 0 Å². The summed E-state index contributed by atoms with van der Waals surface area (Å²) in [6, 6.07) is 15.8. The van der Waals surface area contributed by atoms with Crippen LogP contribution in [0.3, 0.4) is 0 Å². The maximum absolute atomic E-state index is 5.92. The zero-order valence-electron chi connectivity index (χ0n) is 14.0. The van der Waals surface area contributed by atoms with Gasteiger partial charge in [0.15, 0.2) is 5.96 Å². The number of halogens is 1. The minimum atomic E-state index is 0. The first-order valence-electron chi connectivity index (χ1n) is 7.51. The van der Waals surface area contributed by atoms with Crippen LogP contribution in [0.4, 0.5) is 5.69 Å². The summed E-state index contributed by atoms with van der Waals surface area (Å²) in [5, 5.41) is 3.08. The largest absolute Gasteiger partial charge is 0.491 e. The Hall–Kier alpha value is -1.80.